The number of aromatic nitrogens is 2. The van der Waals surface area contributed by atoms with Crippen molar-refractivity contribution in [3.63, 3.8) is 0 Å². The van der Waals surface area contributed by atoms with E-state index in [0.29, 0.717) is 23.3 Å². The first-order valence-electron chi connectivity index (χ1n) is 8.76. The number of para-hydroxylation sites is 2. The van der Waals surface area contributed by atoms with E-state index in [2.05, 4.69) is 21.2 Å². The summed E-state index contributed by atoms with van der Waals surface area (Å²) in [4.78, 5) is 25.5. The Labute approximate surface area is 169 Å². The first-order chi connectivity index (χ1) is 13.6. The molecule has 0 aliphatic heterocycles. The highest BCUT2D eigenvalue weighted by atomic mass is 79.9. The predicted octanol–water partition coefficient (Wildman–Crippen LogP) is 3.34. The number of ether oxygens (including phenoxy) is 1. The average molecular weight is 440 g/mol. The highest BCUT2D eigenvalue weighted by Crippen LogP contribution is 2.22. The number of hydrogen-bond donors (Lipinski definition) is 1. The summed E-state index contributed by atoms with van der Waals surface area (Å²) in [7, 11) is 1.59. The van der Waals surface area contributed by atoms with E-state index in [-0.39, 0.29) is 18.0 Å². The zero-order chi connectivity index (χ0) is 19.7. The molecule has 0 bridgehead atoms. The van der Waals surface area contributed by atoms with Gasteiger partial charge >= 0.3 is 0 Å². The van der Waals surface area contributed by atoms with Crippen LogP contribution in [0, 0.1) is 0 Å². The predicted molar refractivity (Wildman–Crippen MR) is 112 cm³/mol. The van der Waals surface area contributed by atoms with Crippen LogP contribution in [-0.4, -0.2) is 22.0 Å². The molecular formula is C21H18BrN3O3. The Morgan fingerprint density at radius 2 is 1.82 bits per heavy atom. The van der Waals surface area contributed by atoms with Gasteiger partial charge in [0.2, 0.25) is 5.91 Å². The average Bonchev–Trinajstić information content (AvgIpc) is 3.20. The van der Waals surface area contributed by atoms with Crippen LogP contribution in [0.3, 0.4) is 0 Å². The molecular weight excluding hydrogens is 422 g/mol. The molecule has 4 aromatic rings. The van der Waals surface area contributed by atoms with Gasteiger partial charge in [-0.1, -0.05) is 28.1 Å². The molecule has 6 nitrogen and oxygen atoms in total. The number of rotatable bonds is 5. The summed E-state index contributed by atoms with van der Waals surface area (Å²) in [5.41, 5.74) is 2.79. The van der Waals surface area contributed by atoms with E-state index >= 15 is 0 Å². The van der Waals surface area contributed by atoms with Gasteiger partial charge in [0.1, 0.15) is 17.8 Å². The van der Waals surface area contributed by atoms with Gasteiger partial charge in [-0.05, 0) is 42.5 Å². The number of carbonyl (C=O) groups excluding carboxylic acids is 1. The minimum Gasteiger partial charge on any atom is -0.496 e. The lowest BCUT2D eigenvalue weighted by atomic mass is 10.2. The Kier molecular flexibility index (Phi) is 4.92. The maximum Gasteiger partial charge on any atom is 0.275 e. The number of methoxy groups -OCH3 is 1. The lowest BCUT2D eigenvalue weighted by molar-refractivity contribution is -0.121. The lowest BCUT2D eigenvalue weighted by Gasteiger charge is -2.14. The second kappa shape index (κ2) is 7.52. The van der Waals surface area contributed by atoms with E-state index in [0.717, 1.165) is 15.6 Å². The van der Waals surface area contributed by atoms with Crippen LogP contribution in [0.2, 0.25) is 0 Å². The van der Waals surface area contributed by atoms with Gasteiger partial charge in [0.25, 0.3) is 5.56 Å². The van der Waals surface area contributed by atoms with Crippen LogP contribution in [0.5, 0.6) is 5.75 Å². The van der Waals surface area contributed by atoms with E-state index in [9.17, 15) is 9.59 Å². The summed E-state index contributed by atoms with van der Waals surface area (Å²) in [6.45, 7) is 0.249. The van der Waals surface area contributed by atoms with Gasteiger partial charge in [-0.3, -0.25) is 14.2 Å². The Hall–Kier alpha value is -3.06. The summed E-state index contributed by atoms with van der Waals surface area (Å²) < 4.78 is 9.60. The molecule has 1 amide bonds. The monoisotopic (exact) mass is 439 g/mol. The standard InChI is InChI=1S/C21H18BrN3O3/c1-28-19-9-8-15(22)11-14(19)12-23-20(26)13-25-17-6-3-2-5-16(17)24-10-4-7-18(24)21(25)27/h2-11H,12-13H2,1H3,(H,23,26). The summed E-state index contributed by atoms with van der Waals surface area (Å²) in [6.07, 6.45) is 1.85. The normalized spacial score (nSPS) is 11.1. The zero-order valence-electron chi connectivity index (χ0n) is 15.2. The van der Waals surface area contributed by atoms with Crippen LogP contribution >= 0.6 is 15.9 Å². The summed E-state index contributed by atoms with van der Waals surface area (Å²) in [6, 6.07) is 16.8. The molecule has 2 heterocycles. The molecule has 142 valence electrons. The number of carbonyl (C=O) groups is 1. The number of amides is 1. The molecule has 0 saturated carbocycles. The highest BCUT2D eigenvalue weighted by molar-refractivity contribution is 9.10. The van der Waals surface area contributed by atoms with Crippen molar-refractivity contribution in [3.8, 4) is 5.75 Å². The van der Waals surface area contributed by atoms with Crippen molar-refractivity contribution >= 4 is 38.4 Å². The number of hydrogen-bond acceptors (Lipinski definition) is 3. The third kappa shape index (κ3) is 3.29. The molecule has 1 N–H and O–H groups in total. The fraction of sp³-hybridized carbons (Fsp3) is 0.143. The van der Waals surface area contributed by atoms with Gasteiger partial charge in [-0.15, -0.1) is 0 Å². The number of nitrogens with zero attached hydrogens (tertiary/aromatic N) is 2. The van der Waals surface area contributed by atoms with Crippen LogP contribution in [0.25, 0.3) is 16.6 Å². The molecule has 0 radical (unpaired) electrons. The van der Waals surface area contributed by atoms with Crippen LogP contribution in [0.1, 0.15) is 5.56 Å². The summed E-state index contributed by atoms with van der Waals surface area (Å²) >= 11 is 3.43. The number of fused-ring (bicyclic) bond motifs is 3. The molecule has 0 fully saturated rings. The Bertz CT molecular complexity index is 1240. The molecule has 0 spiro atoms. The highest BCUT2D eigenvalue weighted by Gasteiger charge is 2.13. The van der Waals surface area contributed by atoms with Crippen molar-refractivity contribution in [3.05, 3.63) is 81.2 Å². The van der Waals surface area contributed by atoms with Gasteiger partial charge in [0.05, 0.1) is 18.1 Å². The van der Waals surface area contributed by atoms with E-state index < -0.39 is 0 Å². The smallest absolute Gasteiger partial charge is 0.275 e. The minimum atomic E-state index is -0.245. The van der Waals surface area contributed by atoms with Gasteiger partial charge in [-0.2, -0.15) is 0 Å². The van der Waals surface area contributed by atoms with E-state index in [1.54, 1.807) is 13.2 Å². The van der Waals surface area contributed by atoms with Gasteiger partial charge in [0.15, 0.2) is 0 Å². The van der Waals surface area contributed by atoms with Crippen molar-refractivity contribution in [2.75, 3.05) is 7.11 Å². The molecule has 0 atom stereocenters. The SMILES string of the molecule is COc1ccc(Br)cc1CNC(=O)Cn1c(=O)c2cccn2c2ccccc21. The van der Waals surface area contributed by atoms with Gasteiger partial charge in [-0.25, -0.2) is 0 Å². The van der Waals surface area contributed by atoms with Crippen LogP contribution in [0.15, 0.2) is 70.1 Å². The molecule has 4 rings (SSSR count). The van der Waals surface area contributed by atoms with E-state index in [1.807, 2.05) is 59.1 Å². The fourth-order valence-corrected chi connectivity index (χ4v) is 3.75. The molecule has 2 aromatic heterocycles. The maximum absolute atomic E-state index is 12.9. The summed E-state index contributed by atoms with van der Waals surface area (Å²) in [5.74, 6) is 0.450. The van der Waals surface area contributed by atoms with Crippen molar-refractivity contribution < 1.29 is 9.53 Å². The molecule has 2 aromatic carbocycles. The van der Waals surface area contributed by atoms with Crippen molar-refractivity contribution in [1.29, 1.82) is 0 Å². The van der Waals surface area contributed by atoms with Crippen molar-refractivity contribution in [2.24, 2.45) is 0 Å². The first kappa shape index (κ1) is 18.3. The third-order valence-electron chi connectivity index (χ3n) is 4.67. The Morgan fingerprint density at radius 1 is 1.07 bits per heavy atom. The molecule has 28 heavy (non-hydrogen) atoms. The van der Waals surface area contributed by atoms with Crippen LogP contribution in [-0.2, 0) is 17.9 Å². The van der Waals surface area contributed by atoms with Gasteiger partial charge in [0, 0.05) is 22.8 Å². The molecule has 0 saturated heterocycles. The van der Waals surface area contributed by atoms with E-state index in [4.69, 9.17) is 4.74 Å². The number of benzene rings is 2. The number of halogens is 1. The van der Waals surface area contributed by atoms with Gasteiger partial charge < -0.3 is 14.5 Å². The van der Waals surface area contributed by atoms with Crippen molar-refractivity contribution in [2.45, 2.75) is 13.1 Å². The zero-order valence-corrected chi connectivity index (χ0v) is 16.8. The first-order valence-corrected chi connectivity index (χ1v) is 9.55. The Balaban J connectivity index is 1.63. The van der Waals surface area contributed by atoms with E-state index in [1.165, 1.54) is 4.57 Å². The molecule has 0 aliphatic rings. The second-order valence-corrected chi connectivity index (χ2v) is 7.29. The molecule has 7 heteroatoms. The minimum absolute atomic E-state index is 0.0582. The maximum atomic E-state index is 12.9. The lowest BCUT2D eigenvalue weighted by Crippen LogP contribution is -2.33. The topological polar surface area (TPSA) is 64.7 Å². The van der Waals surface area contributed by atoms with Crippen LogP contribution in [0.4, 0.5) is 0 Å². The quantitative estimate of drug-likeness (QED) is 0.518. The third-order valence-corrected chi connectivity index (χ3v) is 5.16. The largest absolute Gasteiger partial charge is 0.496 e. The molecule has 0 aliphatic carbocycles. The molecule has 0 unspecified atom stereocenters. The number of nitrogens with one attached hydrogen (secondary N) is 1. The van der Waals surface area contributed by atoms with Crippen molar-refractivity contribution in [1.82, 2.24) is 14.3 Å². The van der Waals surface area contributed by atoms with Crippen LogP contribution < -0.4 is 15.6 Å². The second-order valence-electron chi connectivity index (χ2n) is 6.38. The Morgan fingerprint density at radius 3 is 2.61 bits per heavy atom. The fourth-order valence-electron chi connectivity index (χ4n) is 3.34. The summed E-state index contributed by atoms with van der Waals surface area (Å²) in [5, 5.41) is 2.88.